The van der Waals surface area contributed by atoms with E-state index in [-0.39, 0.29) is 0 Å². The highest BCUT2D eigenvalue weighted by Gasteiger charge is 2.24. The lowest BCUT2D eigenvalue weighted by Crippen LogP contribution is -2.32. The van der Waals surface area contributed by atoms with Crippen molar-refractivity contribution in [3.05, 3.63) is 103 Å². The average Bonchev–Trinajstić information content (AvgIpc) is 3.68. The van der Waals surface area contributed by atoms with Crippen molar-refractivity contribution in [3.63, 3.8) is 0 Å². The zero-order valence-electron chi connectivity index (χ0n) is 21.4. The minimum absolute atomic E-state index is 0.376. The molecule has 192 valence electrons. The third-order valence-electron chi connectivity index (χ3n) is 7.37. The normalized spacial score (nSPS) is 14.7. The van der Waals surface area contributed by atoms with E-state index >= 15 is 0 Å². The summed E-state index contributed by atoms with van der Waals surface area (Å²) in [6.45, 7) is 2.96. The predicted molar refractivity (Wildman–Crippen MR) is 149 cm³/mol. The van der Waals surface area contributed by atoms with Gasteiger partial charge in [-0.25, -0.2) is 19.9 Å². The van der Waals surface area contributed by atoms with Crippen LogP contribution in [-0.4, -0.2) is 57.5 Å². The molecule has 1 saturated heterocycles. The van der Waals surface area contributed by atoms with Crippen molar-refractivity contribution < 1.29 is 0 Å². The Morgan fingerprint density at radius 3 is 2.49 bits per heavy atom. The minimum Gasteiger partial charge on any atom is -0.299 e. The Labute approximate surface area is 225 Å². The van der Waals surface area contributed by atoms with Crippen molar-refractivity contribution in [3.8, 4) is 33.9 Å². The van der Waals surface area contributed by atoms with Crippen molar-refractivity contribution in [1.29, 1.82) is 0 Å². The molecule has 9 heteroatoms. The number of hydrogen-bond acceptors (Lipinski definition) is 7. The van der Waals surface area contributed by atoms with E-state index in [1.54, 1.807) is 24.8 Å². The summed E-state index contributed by atoms with van der Waals surface area (Å²) in [5, 5.41) is 7.48. The number of nitrogens with one attached hydrogen (secondary N) is 1. The predicted octanol–water partition coefficient (Wildman–Crippen LogP) is 5.02. The third kappa shape index (κ3) is 4.80. The Hall–Kier alpha value is -4.76. The summed E-state index contributed by atoms with van der Waals surface area (Å²) in [5.74, 6) is 2.63. The lowest BCUT2D eigenvalue weighted by atomic mass is 9.95. The van der Waals surface area contributed by atoms with Gasteiger partial charge < -0.3 is 0 Å². The molecule has 2 aromatic carbocycles. The van der Waals surface area contributed by atoms with Crippen molar-refractivity contribution in [2.75, 3.05) is 13.1 Å². The monoisotopic (exact) mass is 513 g/mol. The van der Waals surface area contributed by atoms with Crippen LogP contribution < -0.4 is 0 Å². The van der Waals surface area contributed by atoms with E-state index in [1.807, 2.05) is 16.7 Å². The van der Waals surface area contributed by atoms with Gasteiger partial charge in [-0.2, -0.15) is 5.10 Å². The number of imidazole rings is 1. The zero-order valence-corrected chi connectivity index (χ0v) is 21.4. The van der Waals surface area contributed by atoms with Crippen molar-refractivity contribution in [1.82, 2.24) is 44.4 Å². The van der Waals surface area contributed by atoms with Gasteiger partial charge in [0.1, 0.15) is 11.5 Å². The van der Waals surface area contributed by atoms with Crippen LogP contribution in [0.1, 0.15) is 30.1 Å². The van der Waals surface area contributed by atoms with E-state index in [0.29, 0.717) is 23.2 Å². The lowest BCUT2D eigenvalue weighted by Gasteiger charge is -2.31. The molecule has 0 unspecified atom stereocenters. The number of nitrogens with zero attached hydrogens (tertiary/aromatic N) is 8. The lowest BCUT2D eigenvalue weighted by molar-refractivity contribution is 0.202. The van der Waals surface area contributed by atoms with Gasteiger partial charge in [-0.05, 0) is 37.1 Å². The van der Waals surface area contributed by atoms with Gasteiger partial charge in [0.15, 0.2) is 0 Å². The maximum Gasteiger partial charge on any atom is 0.234 e. The second kappa shape index (κ2) is 10.2. The van der Waals surface area contributed by atoms with Crippen molar-refractivity contribution >= 4 is 5.78 Å². The van der Waals surface area contributed by atoms with Gasteiger partial charge in [0, 0.05) is 54.6 Å². The molecular formula is C30H27N9. The highest BCUT2D eigenvalue weighted by molar-refractivity contribution is 5.81. The number of H-pyrrole nitrogens is 1. The molecule has 0 saturated carbocycles. The van der Waals surface area contributed by atoms with Crippen LogP contribution in [0.5, 0.6) is 0 Å². The number of aromatic amines is 1. The summed E-state index contributed by atoms with van der Waals surface area (Å²) >= 11 is 0. The van der Waals surface area contributed by atoms with Gasteiger partial charge in [-0.3, -0.25) is 19.4 Å². The number of benzene rings is 2. The van der Waals surface area contributed by atoms with Crippen molar-refractivity contribution in [2.45, 2.75) is 25.3 Å². The Morgan fingerprint density at radius 1 is 0.846 bits per heavy atom. The van der Waals surface area contributed by atoms with Crippen LogP contribution in [0.25, 0.3) is 39.7 Å². The molecular weight excluding hydrogens is 486 g/mol. The van der Waals surface area contributed by atoms with Crippen LogP contribution in [0.3, 0.4) is 0 Å². The number of likely N-dealkylation sites (tertiary alicyclic amines) is 1. The van der Waals surface area contributed by atoms with E-state index in [1.165, 1.54) is 5.56 Å². The molecule has 1 N–H and O–H groups in total. The molecule has 9 nitrogen and oxygen atoms in total. The molecule has 0 atom stereocenters. The van der Waals surface area contributed by atoms with E-state index in [4.69, 9.17) is 9.97 Å². The maximum absolute atomic E-state index is 4.91. The number of hydrogen-bond donors (Lipinski definition) is 1. The maximum atomic E-state index is 4.91. The molecule has 6 aromatic rings. The summed E-state index contributed by atoms with van der Waals surface area (Å²) in [5.41, 5.74) is 6.25. The molecule has 1 aliphatic heterocycles. The molecule has 0 bridgehead atoms. The second-order valence-corrected chi connectivity index (χ2v) is 9.89. The number of piperidine rings is 1. The van der Waals surface area contributed by atoms with E-state index in [2.05, 4.69) is 84.8 Å². The molecule has 0 spiro atoms. The topological polar surface area (TPSA) is 101 Å². The first-order chi connectivity index (χ1) is 19.3. The third-order valence-corrected chi connectivity index (χ3v) is 7.37. The van der Waals surface area contributed by atoms with Crippen LogP contribution >= 0.6 is 0 Å². The van der Waals surface area contributed by atoms with Gasteiger partial charge >= 0.3 is 0 Å². The summed E-state index contributed by atoms with van der Waals surface area (Å²) in [4.78, 5) is 24.9. The second-order valence-electron chi connectivity index (χ2n) is 9.89. The highest BCUT2D eigenvalue weighted by Crippen LogP contribution is 2.32. The fourth-order valence-corrected chi connectivity index (χ4v) is 5.28. The fourth-order valence-electron chi connectivity index (χ4n) is 5.28. The number of fused-ring (bicyclic) bond motifs is 1. The van der Waals surface area contributed by atoms with Crippen molar-refractivity contribution in [2.24, 2.45) is 0 Å². The first-order valence-electron chi connectivity index (χ1n) is 13.2. The van der Waals surface area contributed by atoms with Crippen LogP contribution in [-0.2, 0) is 6.54 Å². The van der Waals surface area contributed by atoms with E-state index in [0.717, 1.165) is 60.7 Å². The van der Waals surface area contributed by atoms with Gasteiger partial charge in [0.2, 0.25) is 11.6 Å². The molecule has 0 amide bonds. The first-order valence-corrected chi connectivity index (χ1v) is 13.2. The smallest absolute Gasteiger partial charge is 0.234 e. The molecule has 7 rings (SSSR count). The summed E-state index contributed by atoms with van der Waals surface area (Å²) in [7, 11) is 0. The molecule has 1 fully saturated rings. The summed E-state index contributed by atoms with van der Waals surface area (Å²) in [6.07, 6.45) is 12.9. The molecule has 0 aliphatic carbocycles. The van der Waals surface area contributed by atoms with Crippen LogP contribution in [0, 0.1) is 0 Å². The van der Waals surface area contributed by atoms with E-state index < -0.39 is 0 Å². The van der Waals surface area contributed by atoms with Crippen LogP contribution in [0.15, 0.2) is 91.8 Å². The first kappa shape index (κ1) is 23.4. The molecule has 5 heterocycles. The van der Waals surface area contributed by atoms with Gasteiger partial charge in [-0.1, -0.05) is 54.6 Å². The van der Waals surface area contributed by atoms with Gasteiger partial charge in [-0.15, -0.1) is 0 Å². The zero-order chi connectivity index (χ0) is 26.0. The largest absolute Gasteiger partial charge is 0.299 e. The summed E-state index contributed by atoms with van der Waals surface area (Å²) < 4.78 is 1.97. The van der Waals surface area contributed by atoms with E-state index in [9.17, 15) is 0 Å². The minimum atomic E-state index is 0.376. The molecule has 1 aliphatic rings. The molecule has 4 aromatic heterocycles. The Balaban J connectivity index is 1.04. The Kier molecular flexibility index (Phi) is 6.10. The van der Waals surface area contributed by atoms with Crippen LogP contribution in [0.2, 0.25) is 0 Å². The fraction of sp³-hybridized carbons (Fsp3) is 0.200. The van der Waals surface area contributed by atoms with Crippen LogP contribution in [0.4, 0.5) is 0 Å². The Morgan fingerprint density at radius 2 is 1.69 bits per heavy atom. The van der Waals surface area contributed by atoms with Gasteiger partial charge in [0.05, 0.1) is 11.9 Å². The highest BCUT2D eigenvalue weighted by atomic mass is 15.2. The molecule has 39 heavy (non-hydrogen) atoms. The Bertz CT molecular complexity index is 1680. The number of rotatable bonds is 6. The SMILES string of the molecule is c1ccc(-c2cn3ccnc3nc2-c2ccc(CN3CCC(c4nc(-c5cnccn5)n[nH]4)CC3)cc2)cc1. The average molecular weight is 514 g/mol. The standard InChI is InChI=1S/C30H27N9/c1-2-4-22(5-3-1)25-20-39-17-14-33-30(39)34-27(25)23-8-6-21(7-9-23)19-38-15-10-24(11-16-38)28-35-29(37-36-28)26-18-31-12-13-32-26/h1-9,12-14,17-18,20,24H,10-11,15-16,19H2,(H,35,36,37). The quantitative estimate of drug-likeness (QED) is 0.334. The number of aromatic nitrogens is 8. The molecule has 0 radical (unpaired) electrons. The summed E-state index contributed by atoms with van der Waals surface area (Å²) in [6, 6.07) is 19.2. The van der Waals surface area contributed by atoms with Gasteiger partial charge in [0.25, 0.3) is 0 Å².